The molecule has 1 aliphatic carbocycles. The Morgan fingerprint density at radius 3 is 2.91 bits per heavy atom. The highest BCUT2D eigenvalue weighted by Gasteiger charge is 2.36. The number of allylic oxidation sites excluding steroid dienone is 2. The molecule has 0 fully saturated rings. The Bertz CT molecular complexity index is 686. The van der Waals surface area contributed by atoms with Gasteiger partial charge in [-0.15, -0.1) is 22.7 Å². The van der Waals surface area contributed by atoms with Gasteiger partial charge in [-0.25, -0.2) is 0 Å². The van der Waals surface area contributed by atoms with Gasteiger partial charge in [0.2, 0.25) is 5.91 Å². The summed E-state index contributed by atoms with van der Waals surface area (Å²) in [6.45, 7) is 0.856. The maximum atomic E-state index is 13.1. The van der Waals surface area contributed by atoms with E-state index in [1.807, 2.05) is 11.3 Å². The van der Waals surface area contributed by atoms with Crippen molar-refractivity contribution >= 4 is 28.6 Å². The molecule has 2 aromatic heterocycles. The zero-order valence-corrected chi connectivity index (χ0v) is 14.0. The largest absolute Gasteiger partial charge is 0.330 e. The molecule has 0 saturated heterocycles. The molecule has 22 heavy (non-hydrogen) atoms. The standard InChI is InChI=1S/C18H19NOS2/c20-18(13-5-2-1-3-6-13)19-10-8-15-14(9-12-22-15)17(19)16-7-4-11-21-16/h1-2,4,7,9,11-13,17H,3,5-6,8,10H2. The minimum atomic E-state index is 0.133. The van der Waals surface area contributed by atoms with E-state index in [1.54, 1.807) is 11.3 Å². The van der Waals surface area contributed by atoms with E-state index in [9.17, 15) is 4.79 Å². The van der Waals surface area contributed by atoms with Crippen LogP contribution in [0.5, 0.6) is 0 Å². The van der Waals surface area contributed by atoms with Gasteiger partial charge in [-0.05, 0) is 54.1 Å². The molecule has 2 aromatic rings. The Morgan fingerprint density at radius 2 is 2.14 bits per heavy atom. The summed E-state index contributed by atoms with van der Waals surface area (Å²) in [6.07, 6.45) is 8.32. The second-order valence-electron chi connectivity index (χ2n) is 5.98. The molecular weight excluding hydrogens is 310 g/mol. The molecule has 0 N–H and O–H groups in total. The summed E-state index contributed by atoms with van der Waals surface area (Å²) in [5.41, 5.74) is 1.35. The van der Waals surface area contributed by atoms with Gasteiger partial charge in [-0.3, -0.25) is 4.79 Å². The normalized spacial score (nSPS) is 24.3. The van der Waals surface area contributed by atoms with E-state index in [-0.39, 0.29) is 12.0 Å². The molecule has 4 rings (SSSR count). The quantitative estimate of drug-likeness (QED) is 0.735. The van der Waals surface area contributed by atoms with Gasteiger partial charge in [0.25, 0.3) is 0 Å². The molecule has 4 heteroatoms. The minimum Gasteiger partial charge on any atom is -0.330 e. The highest BCUT2D eigenvalue weighted by atomic mass is 32.1. The van der Waals surface area contributed by atoms with E-state index in [4.69, 9.17) is 0 Å². The van der Waals surface area contributed by atoms with Gasteiger partial charge in [0, 0.05) is 22.2 Å². The van der Waals surface area contributed by atoms with E-state index in [0.29, 0.717) is 5.91 Å². The number of carbonyl (C=O) groups excluding carboxylic acids is 1. The maximum Gasteiger partial charge on any atom is 0.226 e. The molecule has 0 saturated carbocycles. The average molecular weight is 329 g/mol. The van der Waals surface area contributed by atoms with Gasteiger partial charge in [-0.1, -0.05) is 18.2 Å². The monoisotopic (exact) mass is 329 g/mol. The smallest absolute Gasteiger partial charge is 0.226 e. The number of hydrogen-bond acceptors (Lipinski definition) is 3. The van der Waals surface area contributed by atoms with Crippen LogP contribution in [0.2, 0.25) is 0 Å². The van der Waals surface area contributed by atoms with Crippen LogP contribution in [-0.4, -0.2) is 17.4 Å². The number of nitrogens with zero attached hydrogens (tertiary/aromatic N) is 1. The third-order valence-corrected chi connectivity index (χ3v) is 6.60. The number of rotatable bonds is 2. The van der Waals surface area contributed by atoms with Crippen molar-refractivity contribution in [1.82, 2.24) is 4.90 Å². The first-order valence-corrected chi connectivity index (χ1v) is 9.65. The van der Waals surface area contributed by atoms with Crippen molar-refractivity contribution in [3.05, 3.63) is 56.4 Å². The number of thiophene rings is 2. The Hall–Kier alpha value is -1.39. The number of carbonyl (C=O) groups is 1. The summed E-state index contributed by atoms with van der Waals surface area (Å²) >= 11 is 3.59. The van der Waals surface area contributed by atoms with Crippen LogP contribution in [0.1, 0.15) is 40.6 Å². The van der Waals surface area contributed by atoms with Gasteiger partial charge in [0.15, 0.2) is 0 Å². The van der Waals surface area contributed by atoms with Crippen LogP contribution in [-0.2, 0) is 11.2 Å². The summed E-state index contributed by atoms with van der Waals surface area (Å²) in [7, 11) is 0. The lowest BCUT2D eigenvalue weighted by molar-refractivity contribution is -0.137. The van der Waals surface area contributed by atoms with E-state index >= 15 is 0 Å². The van der Waals surface area contributed by atoms with E-state index in [1.165, 1.54) is 15.3 Å². The van der Waals surface area contributed by atoms with Crippen LogP contribution in [0.3, 0.4) is 0 Å². The Balaban J connectivity index is 1.69. The second-order valence-corrected chi connectivity index (χ2v) is 7.96. The van der Waals surface area contributed by atoms with Crippen LogP contribution >= 0.6 is 22.7 Å². The third kappa shape index (κ3) is 2.44. The lowest BCUT2D eigenvalue weighted by atomic mass is 9.90. The number of fused-ring (bicyclic) bond motifs is 1. The fourth-order valence-electron chi connectivity index (χ4n) is 3.56. The summed E-state index contributed by atoms with van der Waals surface area (Å²) in [6, 6.07) is 6.61. The van der Waals surface area contributed by atoms with Crippen molar-refractivity contribution in [3.63, 3.8) is 0 Å². The first-order valence-electron chi connectivity index (χ1n) is 7.90. The van der Waals surface area contributed by atoms with Crippen LogP contribution < -0.4 is 0 Å². The molecule has 0 spiro atoms. The van der Waals surface area contributed by atoms with E-state index < -0.39 is 0 Å². The fraction of sp³-hybridized carbons (Fsp3) is 0.389. The third-order valence-electron chi connectivity index (χ3n) is 4.68. The molecule has 1 amide bonds. The predicted octanol–water partition coefficient (Wildman–Crippen LogP) is 4.64. The molecule has 114 valence electrons. The predicted molar refractivity (Wildman–Crippen MR) is 92.4 cm³/mol. The molecule has 2 aliphatic rings. The SMILES string of the molecule is O=C(C1CC=CCC1)N1CCc2sccc2C1c1cccs1. The summed E-state index contributed by atoms with van der Waals surface area (Å²) in [5.74, 6) is 0.521. The maximum absolute atomic E-state index is 13.1. The van der Waals surface area contributed by atoms with Crippen LogP contribution in [0.4, 0.5) is 0 Å². The molecule has 2 nitrogen and oxygen atoms in total. The first-order chi connectivity index (χ1) is 10.8. The molecule has 0 radical (unpaired) electrons. The highest BCUT2D eigenvalue weighted by Crippen LogP contribution is 2.40. The fourth-order valence-corrected chi connectivity index (χ4v) is 5.32. The summed E-state index contributed by atoms with van der Waals surface area (Å²) in [4.78, 5) is 18.0. The molecule has 2 atom stereocenters. The molecular formula is C18H19NOS2. The lowest BCUT2D eigenvalue weighted by Crippen LogP contribution is -2.43. The van der Waals surface area contributed by atoms with Gasteiger partial charge in [0.1, 0.15) is 0 Å². The molecule has 0 aromatic carbocycles. The van der Waals surface area contributed by atoms with Crippen LogP contribution in [0.15, 0.2) is 41.1 Å². The van der Waals surface area contributed by atoms with Gasteiger partial charge in [0.05, 0.1) is 6.04 Å². The van der Waals surface area contributed by atoms with Gasteiger partial charge < -0.3 is 4.90 Å². The molecule has 2 unspecified atom stereocenters. The minimum absolute atomic E-state index is 0.133. The Morgan fingerprint density at radius 1 is 1.18 bits per heavy atom. The molecule has 3 heterocycles. The summed E-state index contributed by atoms with van der Waals surface area (Å²) in [5, 5.41) is 4.28. The van der Waals surface area contributed by atoms with E-state index in [0.717, 1.165) is 32.2 Å². The number of hydrogen-bond donors (Lipinski definition) is 0. The van der Waals surface area contributed by atoms with Crippen molar-refractivity contribution in [1.29, 1.82) is 0 Å². The molecule has 1 aliphatic heterocycles. The first kappa shape index (κ1) is 14.2. The summed E-state index contributed by atoms with van der Waals surface area (Å²) < 4.78 is 0. The van der Waals surface area contributed by atoms with Crippen molar-refractivity contribution in [3.8, 4) is 0 Å². The Labute approximate surface area is 139 Å². The van der Waals surface area contributed by atoms with Gasteiger partial charge in [-0.2, -0.15) is 0 Å². The van der Waals surface area contributed by atoms with Crippen molar-refractivity contribution in [2.24, 2.45) is 5.92 Å². The second kappa shape index (κ2) is 6.01. The number of amides is 1. The van der Waals surface area contributed by atoms with Crippen molar-refractivity contribution in [2.45, 2.75) is 31.7 Å². The topological polar surface area (TPSA) is 20.3 Å². The highest BCUT2D eigenvalue weighted by molar-refractivity contribution is 7.10. The van der Waals surface area contributed by atoms with Crippen molar-refractivity contribution < 1.29 is 4.79 Å². The van der Waals surface area contributed by atoms with E-state index in [2.05, 4.69) is 46.0 Å². The van der Waals surface area contributed by atoms with Crippen LogP contribution in [0.25, 0.3) is 0 Å². The van der Waals surface area contributed by atoms with Gasteiger partial charge >= 0.3 is 0 Å². The zero-order chi connectivity index (χ0) is 14.9. The zero-order valence-electron chi connectivity index (χ0n) is 12.4. The van der Waals surface area contributed by atoms with Crippen LogP contribution in [0, 0.1) is 5.92 Å². The van der Waals surface area contributed by atoms with Crippen molar-refractivity contribution in [2.75, 3.05) is 6.54 Å². The lowest BCUT2D eigenvalue weighted by Gasteiger charge is -2.38. The average Bonchev–Trinajstić information content (AvgIpc) is 3.25. The Kier molecular flexibility index (Phi) is 3.89. The molecule has 0 bridgehead atoms.